The Kier molecular flexibility index (Phi) is 3.79. The zero-order chi connectivity index (χ0) is 8.15. The quantitative estimate of drug-likeness (QED) is 0.556. The number of carbonyl (C=O) groups is 2. The number of halogens is 1. The molecular formula is C5H9ClN2O2. The Bertz CT molecular complexity index is 133. The molecule has 0 aliphatic carbocycles. The Labute approximate surface area is 64.1 Å². The van der Waals surface area contributed by atoms with E-state index >= 15 is 0 Å². The minimum Gasteiger partial charge on any atom is -0.341 e. The monoisotopic (exact) mass is 164 g/mol. The summed E-state index contributed by atoms with van der Waals surface area (Å²) in [4.78, 5) is 22.2. The Hall–Kier alpha value is -0.770. The Morgan fingerprint density at radius 3 is 2.40 bits per heavy atom. The van der Waals surface area contributed by atoms with Gasteiger partial charge in [0.05, 0.1) is 0 Å². The van der Waals surface area contributed by atoms with E-state index in [2.05, 4.69) is 5.32 Å². The summed E-state index contributed by atoms with van der Waals surface area (Å²) in [6.45, 7) is 0. The first-order valence-corrected chi connectivity index (χ1v) is 3.21. The number of imide groups is 1. The van der Waals surface area contributed by atoms with Gasteiger partial charge in [0.25, 0.3) is 0 Å². The zero-order valence-electron chi connectivity index (χ0n) is 5.85. The fourth-order valence-electron chi connectivity index (χ4n) is 0.371. The highest BCUT2D eigenvalue weighted by atomic mass is 35.5. The van der Waals surface area contributed by atoms with Gasteiger partial charge in [-0.05, 0) is 0 Å². The van der Waals surface area contributed by atoms with Gasteiger partial charge in [-0.2, -0.15) is 0 Å². The molecular weight excluding hydrogens is 156 g/mol. The topological polar surface area (TPSA) is 49.4 Å². The minimum absolute atomic E-state index is 0.177. The van der Waals surface area contributed by atoms with E-state index in [9.17, 15) is 9.59 Å². The van der Waals surface area contributed by atoms with E-state index in [1.807, 2.05) is 0 Å². The van der Waals surface area contributed by atoms with Crippen molar-refractivity contribution in [3.8, 4) is 0 Å². The maximum absolute atomic E-state index is 10.6. The van der Waals surface area contributed by atoms with Crippen LogP contribution in [0.4, 0.5) is 4.79 Å². The Morgan fingerprint density at radius 1 is 1.60 bits per heavy atom. The van der Waals surface area contributed by atoms with Gasteiger partial charge in [0.15, 0.2) is 0 Å². The molecule has 0 aliphatic rings. The van der Waals surface area contributed by atoms with E-state index in [1.165, 1.54) is 14.1 Å². The lowest BCUT2D eigenvalue weighted by atomic mass is 10.6. The van der Waals surface area contributed by atoms with Crippen molar-refractivity contribution in [1.29, 1.82) is 0 Å². The van der Waals surface area contributed by atoms with Crippen LogP contribution in [0.5, 0.6) is 0 Å². The molecule has 0 saturated heterocycles. The second kappa shape index (κ2) is 4.11. The highest BCUT2D eigenvalue weighted by Crippen LogP contribution is 1.87. The lowest BCUT2D eigenvalue weighted by Crippen LogP contribution is -2.39. The molecule has 0 unspecified atom stereocenters. The molecule has 0 aromatic rings. The third kappa shape index (κ3) is 2.23. The second-order valence-electron chi connectivity index (χ2n) is 1.64. The van der Waals surface area contributed by atoms with Gasteiger partial charge in [0.1, 0.15) is 5.88 Å². The number of nitrogens with one attached hydrogen (secondary N) is 1. The number of rotatable bonds is 1. The Morgan fingerprint density at radius 2 is 2.10 bits per heavy atom. The summed E-state index contributed by atoms with van der Waals surface area (Å²) >= 11 is 5.18. The molecule has 5 heteroatoms. The molecule has 10 heavy (non-hydrogen) atoms. The molecule has 0 radical (unpaired) electrons. The molecule has 0 spiro atoms. The number of amides is 3. The van der Waals surface area contributed by atoms with Gasteiger partial charge >= 0.3 is 6.03 Å². The normalized spacial score (nSPS) is 8.70. The van der Waals surface area contributed by atoms with Crippen molar-refractivity contribution in [1.82, 2.24) is 10.2 Å². The molecule has 58 valence electrons. The summed E-state index contributed by atoms with van der Waals surface area (Å²) in [5.41, 5.74) is 0. The van der Waals surface area contributed by atoms with Gasteiger partial charge < -0.3 is 5.32 Å². The SMILES string of the molecule is CNC(=O)N(C)C(=O)CCl. The van der Waals surface area contributed by atoms with Crippen LogP contribution in [-0.2, 0) is 4.79 Å². The van der Waals surface area contributed by atoms with Crippen molar-refractivity contribution in [2.75, 3.05) is 20.0 Å². The van der Waals surface area contributed by atoms with Crippen molar-refractivity contribution in [3.05, 3.63) is 0 Å². The largest absolute Gasteiger partial charge is 0.341 e. The van der Waals surface area contributed by atoms with Gasteiger partial charge in [0, 0.05) is 14.1 Å². The number of urea groups is 1. The molecule has 0 aromatic heterocycles. The van der Waals surface area contributed by atoms with Crippen LogP contribution >= 0.6 is 11.6 Å². The van der Waals surface area contributed by atoms with Crippen molar-refractivity contribution in [2.24, 2.45) is 0 Å². The van der Waals surface area contributed by atoms with Gasteiger partial charge in [-0.1, -0.05) is 0 Å². The third-order valence-corrected chi connectivity index (χ3v) is 1.24. The first kappa shape index (κ1) is 9.23. The van der Waals surface area contributed by atoms with Crippen molar-refractivity contribution in [2.45, 2.75) is 0 Å². The first-order chi connectivity index (χ1) is 4.63. The number of alkyl halides is 1. The number of hydrogen-bond acceptors (Lipinski definition) is 2. The predicted molar refractivity (Wildman–Crippen MR) is 37.9 cm³/mol. The van der Waals surface area contributed by atoms with Crippen LogP contribution in [0, 0.1) is 0 Å². The van der Waals surface area contributed by atoms with E-state index in [4.69, 9.17) is 11.6 Å². The molecule has 0 bridgehead atoms. The summed E-state index contributed by atoms with van der Waals surface area (Å²) in [6, 6.07) is -0.453. The maximum atomic E-state index is 10.6. The summed E-state index contributed by atoms with van der Waals surface area (Å²) in [5, 5.41) is 2.29. The molecule has 0 aliphatic heterocycles. The zero-order valence-corrected chi connectivity index (χ0v) is 6.60. The van der Waals surface area contributed by atoms with Crippen molar-refractivity contribution >= 4 is 23.5 Å². The van der Waals surface area contributed by atoms with E-state index in [1.54, 1.807) is 0 Å². The van der Waals surface area contributed by atoms with E-state index in [0.29, 0.717) is 0 Å². The van der Waals surface area contributed by atoms with E-state index in [0.717, 1.165) is 4.90 Å². The second-order valence-corrected chi connectivity index (χ2v) is 1.91. The Balaban J connectivity index is 3.94. The molecule has 0 fully saturated rings. The average Bonchev–Trinajstić information content (AvgIpc) is 2.00. The van der Waals surface area contributed by atoms with Gasteiger partial charge in [-0.15, -0.1) is 11.6 Å². The fourth-order valence-corrected chi connectivity index (χ4v) is 0.550. The lowest BCUT2D eigenvalue weighted by molar-refractivity contribution is -0.124. The van der Waals surface area contributed by atoms with E-state index < -0.39 is 11.9 Å². The summed E-state index contributed by atoms with van der Waals surface area (Å²) < 4.78 is 0. The minimum atomic E-state index is -0.453. The van der Waals surface area contributed by atoms with Crippen molar-refractivity contribution in [3.63, 3.8) is 0 Å². The standard InChI is InChI=1S/C5H9ClN2O2/c1-7-5(10)8(2)4(9)3-6/h3H2,1-2H3,(H,7,10). The van der Waals surface area contributed by atoms with Crippen LogP contribution in [0.25, 0.3) is 0 Å². The smallest absolute Gasteiger partial charge is 0.323 e. The molecule has 1 N–H and O–H groups in total. The summed E-state index contributed by atoms with van der Waals surface area (Å²) in [6.07, 6.45) is 0. The molecule has 0 aromatic carbocycles. The summed E-state index contributed by atoms with van der Waals surface area (Å²) in [7, 11) is 2.81. The van der Waals surface area contributed by atoms with Gasteiger partial charge in [-0.3, -0.25) is 9.69 Å². The van der Waals surface area contributed by atoms with Crippen LogP contribution < -0.4 is 5.32 Å². The number of hydrogen-bond donors (Lipinski definition) is 1. The van der Waals surface area contributed by atoms with Crippen LogP contribution in [-0.4, -0.2) is 36.8 Å². The molecule has 0 atom stereocenters. The molecule has 3 amide bonds. The van der Waals surface area contributed by atoms with Gasteiger partial charge in [-0.25, -0.2) is 4.79 Å². The molecule has 0 rings (SSSR count). The molecule has 0 saturated carbocycles. The average molecular weight is 165 g/mol. The molecule has 4 nitrogen and oxygen atoms in total. The summed E-state index contributed by atoms with van der Waals surface area (Å²) in [5.74, 6) is -0.592. The van der Waals surface area contributed by atoms with Crippen LogP contribution in [0.2, 0.25) is 0 Å². The molecule has 0 heterocycles. The van der Waals surface area contributed by atoms with E-state index in [-0.39, 0.29) is 5.88 Å². The highest BCUT2D eigenvalue weighted by molar-refractivity contribution is 6.28. The number of nitrogens with zero attached hydrogens (tertiary/aromatic N) is 1. The highest BCUT2D eigenvalue weighted by Gasteiger charge is 2.12. The maximum Gasteiger partial charge on any atom is 0.323 e. The fraction of sp³-hybridized carbons (Fsp3) is 0.600. The van der Waals surface area contributed by atoms with Crippen LogP contribution in [0.15, 0.2) is 0 Å². The third-order valence-electron chi connectivity index (χ3n) is 1.01. The van der Waals surface area contributed by atoms with Crippen molar-refractivity contribution < 1.29 is 9.59 Å². The van der Waals surface area contributed by atoms with Gasteiger partial charge in [0.2, 0.25) is 5.91 Å². The lowest BCUT2D eigenvalue weighted by Gasteiger charge is -2.11. The first-order valence-electron chi connectivity index (χ1n) is 2.67. The van der Waals surface area contributed by atoms with Crippen LogP contribution in [0.3, 0.4) is 0 Å². The predicted octanol–water partition coefficient (Wildman–Crippen LogP) is 0.0230. The van der Waals surface area contributed by atoms with Crippen LogP contribution in [0.1, 0.15) is 0 Å². The number of carbonyl (C=O) groups excluding carboxylic acids is 2.